The number of rotatable bonds is 1. The van der Waals surface area contributed by atoms with E-state index in [4.69, 9.17) is 0 Å². The minimum atomic E-state index is 0.119. The zero-order chi connectivity index (χ0) is 13.6. The van der Waals surface area contributed by atoms with E-state index in [2.05, 4.69) is 22.6 Å². The molecule has 1 unspecified atom stereocenters. The van der Waals surface area contributed by atoms with Crippen LogP contribution in [0.2, 0.25) is 0 Å². The van der Waals surface area contributed by atoms with Gasteiger partial charge in [-0.25, -0.2) is 9.97 Å². The van der Waals surface area contributed by atoms with Gasteiger partial charge in [-0.3, -0.25) is 4.79 Å². The number of fused-ring (bicyclic) bond motifs is 1. The summed E-state index contributed by atoms with van der Waals surface area (Å²) < 4.78 is 0. The number of thiol groups is 1. The Bertz CT molecular complexity index is 671. The molecule has 1 amide bonds. The molecular formula is C14H15N3OS. The third kappa shape index (κ3) is 2.18. The Kier molecular flexibility index (Phi) is 2.93. The number of carbonyl (C=O) groups excluding carboxylic acids is 1. The predicted octanol–water partition coefficient (Wildman–Crippen LogP) is 2.28. The number of amides is 1. The van der Waals surface area contributed by atoms with E-state index in [1.807, 2.05) is 32.0 Å². The summed E-state index contributed by atoms with van der Waals surface area (Å²) in [7, 11) is 0. The molecule has 2 heterocycles. The van der Waals surface area contributed by atoms with Gasteiger partial charge < -0.3 is 4.90 Å². The van der Waals surface area contributed by atoms with Crippen LogP contribution in [0.15, 0.2) is 18.2 Å². The lowest BCUT2D eigenvalue weighted by Crippen LogP contribution is -2.24. The summed E-state index contributed by atoms with van der Waals surface area (Å²) >= 11 is 4.37. The fourth-order valence-electron chi connectivity index (χ4n) is 2.33. The van der Waals surface area contributed by atoms with Gasteiger partial charge in [0.15, 0.2) is 0 Å². The Morgan fingerprint density at radius 2 is 1.89 bits per heavy atom. The molecule has 5 heteroatoms. The first-order chi connectivity index (χ1) is 9.04. The summed E-state index contributed by atoms with van der Waals surface area (Å²) in [4.78, 5) is 22.7. The molecule has 1 aliphatic heterocycles. The maximum absolute atomic E-state index is 11.9. The molecule has 1 atom stereocenters. The molecule has 1 aliphatic rings. The third-order valence-corrected chi connectivity index (χ3v) is 3.82. The van der Waals surface area contributed by atoms with Crippen LogP contribution in [-0.4, -0.2) is 27.7 Å². The number of aromatic nitrogens is 2. The Balaban J connectivity index is 2.07. The zero-order valence-corrected chi connectivity index (χ0v) is 11.8. The van der Waals surface area contributed by atoms with Gasteiger partial charge in [-0.15, -0.1) is 0 Å². The molecule has 98 valence electrons. The van der Waals surface area contributed by atoms with Crippen LogP contribution in [0.4, 0.5) is 5.69 Å². The van der Waals surface area contributed by atoms with E-state index < -0.39 is 0 Å². The van der Waals surface area contributed by atoms with Crippen LogP contribution >= 0.6 is 12.6 Å². The number of hydrogen-bond donors (Lipinski definition) is 1. The van der Waals surface area contributed by atoms with Gasteiger partial charge in [0.2, 0.25) is 5.91 Å². The maximum Gasteiger partial charge on any atom is 0.228 e. The summed E-state index contributed by atoms with van der Waals surface area (Å²) in [5.41, 5.74) is 4.43. The smallest absolute Gasteiger partial charge is 0.228 e. The Morgan fingerprint density at radius 3 is 2.53 bits per heavy atom. The largest absolute Gasteiger partial charge is 0.311 e. The molecule has 19 heavy (non-hydrogen) atoms. The van der Waals surface area contributed by atoms with Crippen molar-refractivity contribution in [2.45, 2.75) is 25.5 Å². The summed E-state index contributed by atoms with van der Waals surface area (Å²) in [6.07, 6.45) is 0.500. The Morgan fingerprint density at radius 1 is 1.21 bits per heavy atom. The summed E-state index contributed by atoms with van der Waals surface area (Å²) in [6, 6.07) is 5.78. The van der Waals surface area contributed by atoms with Gasteiger partial charge in [0, 0.05) is 23.9 Å². The Hall–Kier alpha value is -1.62. The summed E-state index contributed by atoms with van der Waals surface area (Å²) in [5.74, 6) is 0.121. The highest BCUT2D eigenvalue weighted by atomic mass is 32.1. The highest BCUT2D eigenvalue weighted by Crippen LogP contribution is 2.26. The molecule has 0 N–H and O–H groups in total. The van der Waals surface area contributed by atoms with E-state index in [0.717, 1.165) is 28.1 Å². The number of aryl methyl sites for hydroxylation is 2. The second-order valence-corrected chi connectivity index (χ2v) is 5.66. The molecule has 0 saturated carbocycles. The lowest BCUT2D eigenvalue weighted by atomic mass is 10.2. The highest BCUT2D eigenvalue weighted by Gasteiger charge is 2.28. The monoisotopic (exact) mass is 273 g/mol. The average Bonchev–Trinajstić information content (AvgIpc) is 2.69. The van der Waals surface area contributed by atoms with Gasteiger partial charge in [0.25, 0.3) is 0 Å². The van der Waals surface area contributed by atoms with Crippen molar-refractivity contribution < 1.29 is 4.79 Å². The standard InChI is InChI=1S/C14H15N3OS/c1-8-9(2)16-13-5-10(3-4-12(13)15-8)17-7-11(19)6-14(17)18/h3-5,11,19H,6-7H2,1-2H3. The first-order valence-corrected chi connectivity index (χ1v) is 6.79. The second kappa shape index (κ2) is 4.49. The summed E-state index contributed by atoms with van der Waals surface area (Å²) in [6.45, 7) is 4.55. The van der Waals surface area contributed by atoms with Crippen molar-refractivity contribution in [2.24, 2.45) is 0 Å². The number of anilines is 1. The van der Waals surface area contributed by atoms with E-state index >= 15 is 0 Å². The first-order valence-electron chi connectivity index (χ1n) is 6.28. The van der Waals surface area contributed by atoms with Crippen molar-refractivity contribution >= 4 is 35.3 Å². The topological polar surface area (TPSA) is 46.1 Å². The Labute approximate surface area is 117 Å². The van der Waals surface area contributed by atoms with Crippen LogP contribution in [0, 0.1) is 13.8 Å². The van der Waals surface area contributed by atoms with Crippen LogP contribution < -0.4 is 4.90 Å². The van der Waals surface area contributed by atoms with E-state index in [1.165, 1.54) is 0 Å². The van der Waals surface area contributed by atoms with Gasteiger partial charge in [-0.05, 0) is 32.0 Å². The van der Waals surface area contributed by atoms with Crippen LogP contribution in [-0.2, 0) is 4.79 Å². The van der Waals surface area contributed by atoms with Crippen molar-refractivity contribution in [1.82, 2.24) is 9.97 Å². The van der Waals surface area contributed by atoms with Crippen molar-refractivity contribution in [3.8, 4) is 0 Å². The molecule has 1 saturated heterocycles. The van der Waals surface area contributed by atoms with Crippen LogP contribution in [0.3, 0.4) is 0 Å². The number of carbonyl (C=O) groups is 1. The van der Waals surface area contributed by atoms with Crippen LogP contribution in [0.1, 0.15) is 17.8 Å². The second-order valence-electron chi connectivity index (χ2n) is 4.93. The van der Waals surface area contributed by atoms with Gasteiger partial charge >= 0.3 is 0 Å². The van der Waals surface area contributed by atoms with Gasteiger partial charge in [0.05, 0.1) is 22.4 Å². The first kappa shape index (κ1) is 12.4. The molecule has 1 fully saturated rings. The number of nitrogens with zero attached hydrogens (tertiary/aromatic N) is 3. The minimum Gasteiger partial charge on any atom is -0.311 e. The van der Waals surface area contributed by atoms with Crippen LogP contribution in [0.5, 0.6) is 0 Å². The van der Waals surface area contributed by atoms with Crippen molar-refractivity contribution in [3.05, 3.63) is 29.6 Å². The van der Waals surface area contributed by atoms with Gasteiger partial charge in [-0.2, -0.15) is 12.6 Å². The molecule has 0 bridgehead atoms. The highest BCUT2D eigenvalue weighted by molar-refractivity contribution is 7.81. The third-order valence-electron chi connectivity index (χ3n) is 3.48. The summed E-state index contributed by atoms with van der Waals surface area (Å²) in [5, 5.41) is 0.119. The molecule has 0 spiro atoms. The molecule has 1 aromatic carbocycles. The van der Waals surface area contributed by atoms with Crippen molar-refractivity contribution in [2.75, 3.05) is 11.4 Å². The normalized spacial score (nSPS) is 19.4. The van der Waals surface area contributed by atoms with Gasteiger partial charge in [0.1, 0.15) is 0 Å². The molecular weight excluding hydrogens is 258 g/mol. The molecule has 3 rings (SSSR count). The lowest BCUT2D eigenvalue weighted by Gasteiger charge is -2.16. The number of benzene rings is 1. The van der Waals surface area contributed by atoms with E-state index in [1.54, 1.807) is 4.90 Å². The van der Waals surface area contributed by atoms with E-state index in [9.17, 15) is 4.79 Å². The van der Waals surface area contributed by atoms with Crippen molar-refractivity contribution in [1.29, 1.82) is 0 Å². The van der Waals surface area contributed by atoms with Crippen LogP contribution in [0.25, 0.3) is 11.0 Å². The molecule has 4 nitrogen and oxygen atoms in total. The SMILES string of the molecule is Cc1nc2ccc(N3CC(S)CC3=O)cc2nc1C. The maximum atomic E-state index is 11.9. The van der Waals surface area contributed by atoms with Gasteiger partial charge in [-0.1, -0.05) is 0 Å². The fourth-order valence-corrected chi connectivity index (χ4v) is 2.64. The van der Waals surface area contributed by atoms with E-state index in [-0.39, 0.29) is 11.2 Å². The lowest BCUT2D eigenvalue weighted by molar-refractivity contribution is -0.117. The minimum absolute atomic E-state index is 0.119. The quantitative estimate of drug-likeness (QED) is 0.811. The molecule has 2 aromatic rings. The predicted molar refractivity (Wildman–Crippen MR) is 78.8 cm³/mol. The number of hydrogen-bond acceptors (Lipinski definition) is 4. The van der Waals surface area contributed by atoms with E-state index in [0.29, 0.717) is 13.0 Å². The molecule has 1 aromatic heterocycles. The zero-order valence-electron chi connectivity index (χ0n) is 10.9. The fraction of sp³-hybridized carbons (Fsp3) is 0.357. The average molecular weight is 273 g/mol. The molecule has 0 aliphatic carbocycles. The van der Waals surface area contributed by atoms with Crippen molar-refractivity contribution in [3.63, 3.8) is 0 Å². The molecule has 0 radical (unpaired) electrons.